The number of likely N-dealkylation sites (N-methyl/N-ethyl adjacent to an activating group) is 1. The zero-order chi connectivity index (χ0) is 14.2. The van der Waals surface area contributed by atoms with E-state index < -0.39 is 0 Å². The molecule has 1 aliphatic heterocycles. The summed E-state index contributed by atoms with van der Waals surface area (Å²) in [5.74, 6) is 0.632. The van der Waals surface area contributed by atoms with Crippen molar-refractivity contribution < 1.29 is 5.11 Å². The minimum Gasteiger partial charge on any atom is -0.394 e. The Morgan fingerprint density at radius 1 is 1.35 bits per heavy atom. The summed E-state index contributed by atoms with van der Waals surface area (Å²) in [5, 5.41) is 13.6. The average Bonchev–Trinajstić information content (AvgIpc) is 3.25. The van der Waals surface area contributed by atoms with Gasteiger partial charge in [0.2, 0.25) is 0 Å². The lowest BCUT2D eigenvalue weighted by molar-refractivity contribution is 0.144. The monoisotopic (exact) mass is 274 g/mol. The first kappa shape index (κ1) is 13.9. The summed E-state index contributed by atoms with van der Waals surface area (Å²) in [6.45, 7) is 6.49. The van der Waals surface area contributed by atoms with Crippen LogP contribution in [0.3, 0.4) is 0 Å². The molecule has 2 unspecified atom stereocenters. The second-order valence-corrected chi connectivity index (χ2v) is 6.43. The van der Waals surface area contributed by atoms with E-state index in [-0.39, 0.29) is 12.1 Å². The SMILES string of the molecule is CCNC(CO)(CN1c2ccccc2CC1C)C1CC1. The van der Waals surface area contributed by atoms with Gasteiger partial charge in [-0.1, -0.05) is 25.1 Å². The van der Waals surface area contributed by atoms with Gasteiger partial charge in [-0.15, -0.1) is 0 Å². The van der Waals surface area contributed by atoms with Gasteiger partial charge in [0.25, 0.3) is 0 Å². The quantitative estimate of drug-likeness (QED) is 0.834. The summed E-state index contributed by atoms with van der Waals surface area (Å²) in [4.78, 5) is 2.49. The predicted octanol–water partition coefficient (Wildman–Crippen LogP) is 2.19. The number of aliphatic hydroxyl groups is 1. The number of rotatable bonds is 6. The van der Waals surface area contributed by atoms with Crippen molar-refractivity contribution in [2.75, 3.05) is 24.6 Å². The first-order valence-corrected chi connectivity index (χ1v) is 7.90. The molecule has 2 atom stereocenters. The molecule has 0 radical (unpaired) electrons. The fourth-order valence-corrected chi connectivity index (χ4v) is 3.73. The lowest BCUT2D eigenvalue weighted by Crippen LogP contribution is -2.59. The van der Waals surface area contributed by atoms with Crippen LogP contribution < -0.4 is 10.2 Å². The Morgan fingerprint density at radius 2 is 2.10 bits per heavy atom. The third kappa shape index (κ3) is 2.33. The minimum atomic E-state index is -0.125. The molecule has 0 amide bonds. The van der Waals surface area contributed by atoms with Gasteiger partial charge in [0.15, 0.2) is 0 Å². The van der Waals surface area contributed by atoms with E-state index >= 15 is 0 Å². The molecule has 2 N–H and O–H groups in total. The molecular formula is C17H26N2O. The predicted molar refractivity (Wildman–Crippen MR) is 83.2 cm³/mol. The second-order valence-electron chi connectivity index (χ2n) is 6.43. The van der Waals surface area contributed by atoms with Crippen molar-refractivity contribution in [2.45, 2.75) is 44.7 Å². The number of nitrogens with zero attached hydrogens (tertiary/aromatic N) is 1. The molecule has 0 aromatic heterocycles. The van der Waals surface area contributed by atoms with E-state index in [1.165, 1.54) is 24.1 Å². The van der Waals surface area contributed by atoms with Crippen LogP contribution in [-0.2, 0) is 6.42 Å². The molecule has 1 aromatic rings. The van der Waals surface area contributed by atoms with E-state index in [1.807, 2.05) is 0 Å². The van der Waals surface area contributed by atoms with Crippen LogP contribution in [0.25, 0.3) is 0 Å². The Balaban J connectivity index is 1.85. The van der Waals surface area contributed by atoms with Crippen LogP contribution in [0, 0.1) is 5.92 Å². The van der Waals surface area contributed by atoms with Gasteiger partial charge < -0.3 is 15.3 Å². The van der Waals surface area contributed by atoms with E-state index in [1.54, 1.807) is 0 Å². The van der Waals surface area contributed by atoms with Crippen molar-refractivity contribution in [3.8, 4) is 0 Å². The fourth-order valence-electron chi connectivity index (χ4n) is 3.73. The largest absolute Gasteiger partial charge is 0.394 e. The van der Waals surface area contributed by atoms with E-state index in [2.05, 4.69) is 48.3 Å². The van der Waals surface area contributed by atoms with Gasteiger partial charge in [-0.25, -0.2) is 0 Å². The molecule has 1 saturated carbocycles. The minimum absolute atomic E-state index is 0.125. The molecule has 0 spiro atoms. The molecule has 3 nitrogen and oxygen atoms in total. The van der Waals surface area contributed by atoms with Crippen molar-refractivity contribution in [1.29, 1.82) is 0 Å². The Bertz CT molecular complexity index is 472. The Labute approximate surface area is 122 Å². The van der Waals surface area contributed by atoms with Crippen LogP contribution in [-0.4, -0.2) is 36.4 Å². The first-order valence-electron chi connectivity index (χ1n) is 7.90. The highest BCUT2D eigenvalue weighted by Gasteiger charge is 2.46. The number of hydrogen-bond acceptors (Lipinski definition) is 3. The average molecular weight is 274 g/mol. The molecule has 0 bridgehead atoms. The highest BCUT2D eigenvalue weighted by Crippen LogP contribution is 2.42. The van der Waals surface area contributed by atoms with Crippen LogP contribution in [0.2, 0.25) is 0 Å². The van der Waals surface area contributed by atoms with Crippen LogP contribution in [0.15, 0.2) is 24.3 Å². The Hall–Kier alpha value is -1.06. The highest BCUT2D eigenvalue weighted by molar-refractivity contribution is 5.59. The molecule has 1 aliphatic carbocycles. The molecular weight excluding hydrogens is 248 g/mol. The highest BCUT2D eigenvalue weighted by atomic mass is 16.3. The molecule has 0 saturated heterocycles. The molecule has 1 aromatic carbocycles. The van der Waals surface area contributed by atoms with E-state index in [0.717, 1.165) is 19.5 Å². The standard InChI is InChI=1S/C17H26N2O/c1-3-18-17(12-20,15-8-9-15)11-19-13(2)10-14-6-4-5-7-16(14)19/h4-7,13,15,18,20H,3,8-12H2,1-2H3. The first-order chi connectivity index (χ1) is 9.70. The van der Waals surface area contributed by atoms with Gasteiger partial charge in [-0.05, 0) is 50.3 Å². The number of hydrogen-bond donors (Lipinski definition) is 2. The van der Waals surface area contributed by atoms with E-state index in [0.29, 0.717) is 12.0 Å². The molecule has 2 aliphatic rings. The van der Waals surface area contributed by atoms with Crippen molar-refractivity contribution >= 4 is 5.69 Å². The van der Waals surface area contributed by atoms with Crippen LogP contribution in [0.5, 0.6) is 0 Å². The molecule has 110 valence electrons. The second kappa shape index (κ2) is 5.38. The summed E-state index contributed by atoms with van der Waals surface area (Å²) in [7, 11) is 0. The van der Waals surface area contributed by atoms with E-state index in [4.69, 9.17) is 0 Å². The van der Waals surface area contributed by atoms with Crippen molar-refractivity contribution in [3.05, 3.63) is 29.8 Å². The van der Waals surface area contributed by atoms with Gasteiger partial charge in [0.05, 0.1) is 12.1 Å². The van der Waals surface area contributed by atoms with E-state index in [9.17, 15) is 5.11 Å². The smallest absolute Gasteiger partial charge is 0.0633 e. The van der Waals surface area contributed by atoms with Gasteiger partial charge in [0.1, 0.15) is 0 Å². The zero-order valence-corrected chi connectivity index (χ0v) is 12.6. The van der Waals surface area contributed by atoms with Crippen LogP contribution >= 0.6 is 0 Å². The van der Waals surface area contributed by atoms with Crippen molar-refractivity contribution in [2.24, 2.45) is 5.92 Å². The van der Waals surface area contributed by atoms with Gasteiger partial charge in [0, 0.05) is 18.3 Å². The summed E-state index contributed by atoms with van der Waals surface area (Å²) in [5.41, 5.74) is 2.68. The Kier molecular flexibility index (Phi) is 3.74. The maximum atomic E-state index is 10.0. The number of fused-ring (bicyclic) bond motifs is 1. The number of anilines is 1. The topological polar surface area (TPSA) is 35.5 Å². The lowest BCUT2D eigenvalue weighted by Gasteiger charge is -2.39. The number of benzene rings is 1. The lowest BCUT2D eigenvalue weighted by atomic mass is 9.92. The summed E-state index contributed by atoms with van der Waals surface area (Å²) < 4.78 is 0. The summed E-state index contributed by atoms with van der Waals surface area (Å²) in [6, 6.07) is 9.22. The number of nitrogens with one attached hydrogen (secondary N) is 1. The summed E-state index contributed by atoms with van der Waals surface area (Å²) in [6.07, 6.45) is 3.61. The van der Waals surface area contributed by atoms with Gasteiger partial charge in [-0.2, -0.15) is 0 Å². The fraction of sp³-hybridized carbons (Fsp3) is 0.647. The molecule has 1 heterocycles. The number of para-hydroxylation sites is 1. The van der Waals surface area contributed by atoms with Gasteiger partial charge in [-0.3, -0.25) is 0 Å². The van der Waals surface area contributed by atoms with Crippen LogP contribution in [0.4, 0.5) is 5.69 Å². The Morgan fingerprint density at radius 3 is 2.75 bits per heavy atom. The van der Waals surface area contributed by atoms with Crippen LogP contribution in [0.1, 0.15) is 32.3 Å². The third-order valence-electron chi connectivity index (χ3n) is 4.97. The van der Waals surface area contributed by atoms with Crippen molar-refractivity contribution in [1.82, 2.24) is 5.32 Å². The van der Waals surface area contributed by atoms with Crippen molar-refractivity contribution in [3.63, 3.8) is 0 Å². The molecule has 20 heavy (non-hydrogen) atoms. The molecule has 1 fully saturated rings. The molecule has 3 heteroatoms. The third-order valence-corrected chi connectivity index (χ3v) is 4.97. The maximum absolute atomic E-state index is 10.0. The normalized spacial score (nSPS) is 24.6. The maximum Gasteiger partial charge on any atom is 0.0633 e. The summed E-state index contributed by atoms with van der Waals surface area (Å²) >= 11 is 0. The molecule has 3 rings (SSSR count). The zero-order valence-electron chi connectivity index (χ0n) is 12.6. The number of aliphatic hydroxyl groups excluding tert-OH is 1. The van der Waals surface area contributed by atoms with Gasteiger partial charge >= 0.3 is 0 Å².